The number of hydrogen-bond donors (Lipinski definition) is 0. The molecule has 0 spiro atoms. The van der Waals surface area contributed by atoms with Crippen molar-refractivity contribution < 1.29 is 4.39 Å². The van der Waals surface area contributed by atoms with Gasteiger partial charge < -0.3 is 4.90 Å². The van der Waals surface area contributed by atoms with Gasteiger partial charge in [0.2, 0.25) is 0 Å². The first-order valence-electron chi connectivity index (χ1n) is 7.38. The Kier molecular flexibility index (Phi) is 6.03. The molecule has 2 aromatic carbocycles. The monoisotopic (exact) mass is 352 g/mol. The van der Waals surface area contributed by atoms with Crippen LogP contribution in [-0.2, 0) is 6.42 Å². The van der Waals surface area contributed by atoms with E-state index in [9.17, 15) is 4.39 Å². The molecule has 23 heavy (non-hydrogen) atoms. The second-order valence-corrected chi connectivity index (χ2v) is 6.29. The smallest absolute Gasteiger partial charge is 0.126 e. The van der Waals surface area contributed by atoms with E-state index in [4.69, 9.17) is 23.2 Å². The van der Waals surface area contributed by atoms with Crippen molar-refractivity contribution in [3.05, 3.63) is 62.9 Å². The molecule has 0 atom stereocenters. The number of nitrogens with zero attached hydrogens (tertiary/aromatic N) is 2. The lowest BCUT2D eigenvalue weighted by atomic mass is 10.0. The summed E-state index contributed by atoms with van der Waals surface area (Å²) in [6, 6.07) is 8.63. The van der Waals surface area contributed by atoms with Crippen molar-refractivity contribution in [3.8, 4) is 0 Å². The molecule has 0 aromatic heterocycles. The summed E-state index contributed by atoms with van der Waals surface area (Å²) in [7, 11) is 1.93. The van der Waals surface area contributed by atoms with Gasteiger partial charge in [-0.3, -0.25) is 0 Å². The van der Waals surface area contributed by atoms with Crippen molar-refractivity contribution in [2.45, 2.75) is 20.3 Å². The molecule has 122 valence electrons. The second-order valence-electron chi connectivity index (χ2n) is 5.47. The third-order valence-electron chi connectivity index (χ3n) is 3.63. The zero-order chi connectivity index (χ0) is 17.0. The summed E-state index contributed by atoms with van der Waals surface area (Å²) in [5.41, 5.74) is 3.14. The molecule has 0 unspecified atom stereocenters. The molecule has 0 aliphatic rings. The Morgan fingerprint density at radius 1 is 1.17 bits per heavy atom. The minimum absolute atomic E-state index is 0.206. The Hall–Kier alpha value is -1.58. The lowest BCUT2D eigenvalue weighted by Crippen LogP contribution is -2.14. The van der Waals surface area contributed by atoms with Gasteiger partial charge in [0, 0.05) is 18.6 Å². The molecule has 2 rings (SSSR count). The lowest BCUT2D eigenvalue weighted by molar-refractivity contribution is 0.552. The van der Waals surface area contributed by atoms with Gasteiger partial charge in [0.1, 0.15) is 5.82 Å². The zero-order valence-electron chi connectivity index (χ0n) is 13.4. The van der Waals surface area contributed by atoms with Crippen LogP contribution in [0.4, 0.5) is 10.1 Å². The van der Waals surface area contributed by atoms with E-state index in [1.807, 2.05) is 31.0 Å². The Bertz CT molecular complexity index is 729. The van der Waals surface area contributed by atoms with Crippen LogP contribution in [-0.4, -0.2) is 24.8 Å². The van der Waals surface area contributed by atoms with Crippen LogP contribution in [0, 0.1) is 12.7 Å². The Morgan fingerprint density at radius 2 is 1.91 bits per heavy atom. The molecule has 0 amide bonds. The van der Waals surface area contributed by atoms with Crippen molar-refractivity contribution in [2.75, 3.05) is 13.6 Å². The van der Waals surface area contributed by atoms with Crippen molar-refractivity contribution >= 4 is 35.2 Å². The third-order valence-corrected chi connectivity index (χ3v) is 4.28. The standard InChI is InChI=1S/C18H19Cl2FN2/c1-4-23(3)11-22-18-10-15(19)14(9-16(18)20)8-13-5-6-17(21)12(2)7-13/h5-7,9-11H,4,8H2,1-3H3/b22-11-. The molecular weight excluding hydrogens is 334 g/mol. The van der Waals surface area contributed by atoms with Gasteiger partial charge in [0.05, 0.1) is 17.0 Å². The second kappa shape index (κ2) is 7.80. The third kappa shape index (κ3) is 4.69. The molecule has 0 aliphatic heterocycles. The summed E-state index contributed by atoms with van der Waals surface area (Å²) in [6.07, 6.45) is 2.32. The minimum atomic E-state index is -0.206. The van der Waals surface area contributed by atoms with E-state index in [2.05, 4.69) is 4.99 Å². The highest BCUT2D eigenvalue weighted by molar-refractivity contribution is 6.35. The fourth-order valence-corrected chi connectivity index (χ4v) is 2.55. The van der Waals surface area contributed by atoms with Gasteiger partial charge in [0.25, 0.3) is 0 Å². The van der Waals surface area contributed by atoms with Gasteiger partial charge >= 0.3 is 0 Å². The summed E-state index contributed by atoms with van der Waals surface area (Å²) >= 11 is 12.7. The Labute approximate surface area is 146 Å². The minimum Gasteiger partial charge on any atom is -0.366 e. The summed E-state index contributed by atoms with van der Waals surface area (Å²) < 4.78 is 13.3. The SMILES string of the molecule is CCN(C)/C=N\c1cc(Cl)c(Cc2ccc(F)c(C)c2)cc1Cl. The average Bonchev–Trinajstić information content (AvgIpc) is 2.52. The van der Waals surface area contributed by atoms with Gasteiger partial charge in [-0.15, -0.1) is 0 Å². The lowest BCUT2D eigenvalue weighted by Gasteiger charge is -2.11. The van der Waals surface area contributed by atoms with E-state index < -0.39 is 0 Å². The first-order valence-corrected chi connectivity index (χ1v) is 8.13. The van der Waals surface area contributed by atoms with Crippen molar-refractivity contribution in [3.63, 3.8) is 0 Å². The van der Waals surface area contributed by atoms with Crippen molar-refractivity contribution in [1.82, 2.24) is 4.90 Å². The molecule has 5 heteroatoms. The van der Waals surface area contributed by atoms with Crippen LogP contribution in [0.25, 0.3) is 0 Å². The van der Waals surface area contributed by atoms with Crippen LogP contribution >= 0.6 is 23.2 Å². The van der Waals surface area contributed by atoms with Gasteiger partial charge in [-0.25, -0.2) is 9.38 Å². The van der Waals surface area contributed by atoms with Gasteiger partial charge in [-0.2, -0.15) is 0 Å². The van der Waals surface area contributed by atoms with Crippen LogP contribution in [0.3, 0.4) is 0 Å². The predicted molar refractivity (Wildman–Crippen MR) is 96.9 cm³/mol. The average molecular weight is 353 g/mol. The molecule has 0 N–H and O–H groups in total. The molecule has 0 saturated heterocycles. The van der Waals surface area contributed by atoms with E-state index in [1.165, 1.54) is 6.07 Å². The quantitative estimate of drug-likeness (QED) is 0.501. The van der Waals surface area contributed by atoms with E-state index in [-0.39, 0.29) is 5.82 Å². The van der Waals surface area contributed by atoms with Gasteiger partial charge in [-0.1, -0.05) is 35.3 Å². The van der Waals surface area contributed by atoms with Crippen LogP contribution in [0.5, 0.6) is 0 Å². The molecule has 0 aliphatic carbocycles. The first-order chi connectivity index (χ1) is 10.9. The topological polar surface area (TPSA) is 15.6 Å². The fraction of sp³-hybridized carbons (Fsp3) is 0.278. The Balaban J connectivity index is 2.25. The van der Waals surface area contributed by atoms with E-state index in [0.29, 0.717) is 27.7 Å². The highest BCUT2D eigenvalue weighted by atomic mass is 35.5. The van der Waals surface area contributed by atoms with Crippen LogP contribution < -0.4 is 0 Å². The fourth-order valence-electron chi connectivity index (χ4n) is 2.09. The van der Waals surface area contributed by atoms with Crippen LogP contribution in [0.2, 0.25) is 10.0 Å². The predicted octanol–water partition coefficient (Wildman–Crippen LogP) is 5.64. The summed E-state index contributed by atoms with van der Waals surface area (Å²) in [6.45, 7) is 4.64. The number of rotatable bonds is 5. The van der Waals surface area contributed by atoms with Crippen LogP contribution in [0.15, 0.2) is 35.3 Å². The molecule has 0 heterocycles. The highest BCUT2D eigenvalue weighted by Gasteiger charge is 2.09. The van der Waals surface area contributed by atoms with E-state index in [0.717, 1.165) is 17.7 Å². The largest absolute Gasteiger partial charge is 0.366 e. The molecule has 2 aromatic rings. The van der Waals surface area contributed by atoms with Crippen molar-refractivity contribution in [2.24, 2.45) is 4.99 Å². The number of benzene rings is 2. The first kappa shape index (κ1) is 17.8. The number of hydrogen-bond acceptors (Lipinski definition) is 1. The summed E-state index contributed by atoms with van der Waals surface area (Å²) in [5, 5.41) is 1.15. The maximum Gasteiger partial charge on any atom is 0.126 e. The van der Waals surface area contributed by atoms with E-state index >= 15 is 0 Å². The Morgan fingerprint density at radius 3 is 2.57 bits per heavy atom. The molecular formula is C18H19Cl2FN2. The molecule has 2 nitrogen and oxygen atoms in total. The van der Waals surface area contributed by atoms with Gasteiger partial charge in [0.15, 0.2) is 0 Å². The molecule has 0 fully saturated rings. The molecule has 0 saturated carbocycles. The zero-order valence-corrected chi connectivity index (χ0v) is 14.9. The summed E-state index contributed by atoms with van der Waals surface area (Å²) in [5.74, 6) is -0.206. The number of halogens is 3. The maximum atomic E-state index is 13.3. The van der Waals surface area contributed by atoms with E-state index in [1.54, 1.807) is 25.4 Å². The van der Waals surface area contributed by atoms with Crippen molar-refractivity contribution in [1.29, 1.82) is 0 Å². The number of aryl methyl sites for hydroxylation is 1. The van der Waals surface area contributed by atoms with Crippen LogP contribution in [0.1, 0.15) is 23.6 Å². The van der Waals surface area contributed by atoms with Gasteiger partial charge in [-0.05, 0) is 55.2 Å². The normalized spacial score (nSPS) is 11.2. The number of aliphatic imine (C=N–C) groups is 1. The maximum absolute atomic E-state index is 13.3. The molecule has 0 bridgehead atoms. The summed E-state index contributed by atoms with van der Waals surface area (Å²) in [4.78, 5) is 6.29. The highest BCUT2D eigenvalue weighted by Crippen LogP contribution is 2.32. The molecule has 0 radical (unpaired) electrons.